The molecule has 2 N–H and O–H groups in total. The lowest BCUT2D eigenvalue weighted by molar-refractivity contribution is -0.121. The zero-order valence-electron chi connectivity index (χ0n) is 14.6. The Morgan fingerprint density at radius 3 is 2.68 bits per heavy atom. The number of carbonyl (C=O) groups excluding carboxylic acids is 1. The molecule has 128 valence electrons. The zero-order valence-corrected chi connectivity index (χ0v) is 14.6. The topological polar surface area (TPSA) is 44.9 Å². The molecule has 3 nitrogen and oxygen atoms in total. The molecule has 4 rings (SSSR count). The smallest absolute Gasteiger partial charge is 0.221 e. The van der Waals surface area contributed by atoms with Crippen LogP contribution in [0.25, 0.3) is 10.9 Å². The Hall–Kier alpha value is -2.55. The van der Waals surface area contributed by atoms with Crippen LogP contribution in [0.4, 0.5) is 0 Å². The second kappa shape index (κ2) is 6.75. The van der Waals surface area contributed by atoms with E-state index in [1.54, 1.807) is 0 Å². The Bertz CT molecular complexity index is 877. The highest BCUT2D eigenvalue weighted by Gasteiger charge is 2.26. The van der Waals surface area contributed by atoms with E-state index in [-0.39, 0.29) is 11.8 Å². The van der Waals surface area contributed by atoms with Crippen molar-refractivity contribution in [3.05, 3.63) is 71.4 Å². The highest BCUT2D eigenvalue weighted by atomic mass is 16.1. The first kappa shape index (κ1) is 15.9. The first-order valence-electron chi connectivity index (χ1n) is 9.19. The molecule has 25 heavy (non-hydrogen) atoms. The molecule has 3 aromatic rings. The third-order valence-electron chi connectivity index (χ3n) is 5.12. The predicted molar refractivity (Wildman–Crippen MR) is 102 cm³/mol. The summed E-state index contributed by atoms with van der Waals surface area (Å²) >= 11 is 0. The van der Waals surface area contributed by atoms with Gasteiger partial charge < -0.3 is 10.3 Å². The molecule has 0 radical (unpaired) electrons. The number of hydrogen-bond donors (Lipinski definition) is 2. The van der Waals surface area contributed by atoms with E-state index in [4.69, 9.17) is 0 Å². The van der Waals surface area contributed by atoms with Gasteiger partial charge in [0.25, 0.3) is 0 Å². The van der Waals surface area contributed by atoms with Gasteiger partial charge in [0.05, 0.1) is 0 Å². The second-order valence-corrected chi connectivity index (χ2v) is 6.95. The molecule has 0 aliphatic heterocycles. The van der Waals surface area contributed by atoms with E-state index >= 15 is 0 Å². The molecule has 0 spiro atoms. The highest BCUT2D eigenvalue weighted by Crippen LogP contribution is 2.34. The van der Waals surface area contributed by atoms with Gasteiger partial charge in [-0.2, -0.15) is 0 Å². The number of fused-ring (bicyclic) bond motifs is 1. The summed E-state index contributed by atoms with van der Waals surface area (Å²) in [5.41, 5.74) is 4.92. The van der Waals surface area contributed by atoms with Crippen molar-refractivity contribution in [3.63, 3.8) is 0 Å². The summed E-state index contributed by atoms with van der Waals surface area (Å²) < 4.78 is 0. The molecule has 1 saturated carbocycles. The van der Waals surface area contributed by atoms with E-state index in [0.29, 0.717) is 12.5 Å². The molecule has 0 bridgehead atoms. The highest BCUT2D eigenvalue weighted by molar-refractivity contribution is 5.88. The molecular weight excluding hydrogens is 308 g/mol. The van der Waals surface area contributed by atoms with Gasteiger partial charge in [0.2, 0.25) is 5.91 Å². The first-order valence-corrected chi connectivity index (χ1v) is 9.19. The Kier molecular flexibility index (Phi) is 4.31. The molecule has 1 aromatic heterocycles. The normalized spacial score (nSPS) is 15.2. The maximum atomic E-state index is 12.5. The maximum Gasteiger partial charge on any atom is 0.221 e. The van der Waals surface area contributed by atoms with Crippen LogP contribution < -0.4 is 5.32 Å². The fourth-order valence-corrected chi connectivity index (χ4v) is 3.61. The van der Waals surface area contributed by atoms with Crippen molar-refractivity contribution < 1.29 is 4.79 Å². The predicted octanol–water partition coefficient (Wildman–Crippen LogP) is 4.53. The number of aromatic amines is 1. The van der Waals surface area contributed by atoms with E-state index in [1.807, 2.05) is 18.2 Å². The quantitative estimate of drug-likeness (QED) is 0.684. The Morgan fingerprint density at radius 1 is 1.16 bits per heavy atom. The average Bonchev–Trinajstić information content (AvgIpc) is 3.35. The Balaban J connectivity index is 1.73. The Labute approximate surface area is 148 Å². The largest absolute Gasteiger partial charge is 0.361 e. The molecule has 1 heterocycles. The number of para-hydroxylation sites is 1. The lowest BCUT2D eigenvalue weighted by Gasteiger charge is -2.17. The number of aromatic nitrogens is 1. The molecule has 1 aliphatic carbocycles. The number of benzene rings is 2. The van der Waals surface area contributed by atoms with E-state index in [2.05, 4.69) is 53.8 Å². The number of hydrogen-bond acceptors (Lipinski definition) is 1. The third kappa shape index (κ3) is 3.32. The summed E-state index contributed by atoms with van der Waals surface area (Å²) in [5.74, 6) is 0.221. The third-order valence-corrected chi connectivity index (χ3v) is 5.12. The zero-order chi connectivity index (χ0) is 17.2. The van der Waals surface area contributed by atoms with Crippen LogP contribution in [0.15, 0.2) is 54.7 Å². The van der Waals surface area contributed by atoms with Crippen LogP contribution in [0, 0.1) is 0 Å². The van der Waals surface area contributed by atoms with Crippen LogP contribution in [0.2, 0.25) is 0 Å². The standard InChI is InChI=1S/C22H24N2O/c1-2-15-9-6-10-18-20(14-23-22(15)18)19(16-7-4-3-5-8-16)13-21(25)24-17-11-12-17/h3-10,14,17,19,23H,2,11-13H2,1H3,(H,24,25). The van der Waals surface area contributed by atoms with Gasteiger partial charge in [-0.25, -0.2) is 0 Å². The molecule has 1 unspecified atom stereocenters. The molecule has 2 aromatic carbocycles. The van der Waals surface area contributed by atoms with Crippen LogP contribution in [-0.2, 0) is 11.2 Å². The van der Waals surface area contributed by atoms with Gasteiger partial charge in [0, 0.05) is 35.5 Å². The van der Waals surface area contributed by atoms with Gasteiger partial charge in [-0.15, -0.1) is 0 Å². The lowest BCUT2D eigenvalue weighted by atomic mass is 9.87. The minimum absolute atomic E-state index is 0.0702. The fourth-order valence-electron chi connectivity index (χ4n) is 3.61. The van der Waals surface area contributed by atoms with Gasteiger partial charge in [0.15, 0.2) is 0 Å². The van der Waals surface area contributed by atoms with Crippen LogP contribution in [0.5, 0.6) is 0 Å². The maximum absolute atomic E-state index is 12.5. The minimum Gasteiger partial charge on any atom is -0.361 e. The SMILES string of the molecule is CCc1cccc2c(C(CC(=O)NC3CC3)c3ccccc3)c[nH]c12. The fraction of sp³-hybridized carbons (Fsp3) is 0.318. The van der Waals surface area contributed by atoms with Gasteiger partial charge in [-0.3, -0.25) is 4.79 Å². The van der Waals surface area contributed by atoms with Crippen molar-refractivity contribution in [2.45, 2.75) is 44.6 Å². The molecule has 1 aliphatic rings. The van der Waals surface area contributed by atoms with Crippen LogP contribution in [-0.4, -0.2) is 16.9 Å². The second-order valence-electron chi connectivity index (χ2n) is 6.95. The minimum atomic E-state index is 0.0702. The van der Waals surface area contributed by atoms with E-state index in [1.165, 1.54) is 27.6 Å². The lowest BCUT2D eigenvalue weighted by Crippen LogP contribution is -2.27. The van der Waals surface area contributed by atoms with Gasteiger partial charge in [-0.1, -0.05) is 55.5 Å². The van der Waals surface area contributed by atoms with Gasteiger partial charge in [-0.05, 0) is 36.0 Å². The summed E-state index contributed by atoms with van der Waals surface area (Å²) in [5, 5.41) is 4.37. The van der Waals surface area contributed by atoms with Crippen molar-refractivity contribution in [1.29, 1.82) is 0 Å². The summed E-state index contributed by atoms with van der Waals surface area (Å²) in [4.78, 5) is 16.0. The van der Waals surface area contributed by atoms with E-state index in [0.717, 1.165) is 19.3 Å². The van der Waals surface area contributed by atoms with Gasteiger partial charge >= 0.3 is 0 Å². The van der Waals surface area contributed by atoms with Gasteiger partial charge in [0.1, 0.15) is 0 Å². The summed E-state index contributed by atoms with van der Waals surface area (Å²) in [6, 6.07) is 17.2. The van der Waals surface area contributed by atoms with Crippen molar-refractivity contribution >= 4 is 16.8 Å². The molecule has 1 fully saturated rings. The molecule has 1 atom stereocenters. The van der Waals surface area contributed by atoms with Crippen LogP contribution >= 0.6 is 0 Å². The Morgan fingerprint density at radius 2 is 1.96 bits per heavy atom. The summed E-state index contributed by atoms with van der Waals surface area (Å²) in [7, 11) is 0. The molecular formula is C22H24N2O. The van der Waals surface area contributed by atoms with E-state index < -0.39 is 0 Å². The van der Waals surface area contributed by atoms with Crippen molar-refractivity contribution in [1.82, 2.24) is 10.3 Å². The number of nitrogens with one attached hydrogen (secondary N) is 2. The molecule has 3 heteroatoms. The van der Waals surface area contributed by atoms with Crippen molar-refractivity contribution in [3.8, 4) is 0 Å². The monoisotopic (exact) mass is 332 g/mol. The van der Waals surface area contributed by atoms with Crippen molar-refractivity contribution in [2.75, 3.05) is 0 Å². The average molecular weight is 332 g/mol. The van der Waals surface area contributed by atoms with E-state index in [9.17, 15) is 4.79 Å². The molecule has 0 saturated heterocycles. The number of aryl methyl sites for hydroxylation is 1. The number of H-pyrrole nitrogens is 1. The summed E-state index contributed by atoms with van der Waals surface area (Å²) in [6.07, 6.45) is 5.81. The van der Waals surface area contributed by atoms with Crippen LogP contribution in [0.3, 0.4) is 0 Å². The molecule has 1 amide bonds. The number of amides is 1. The number of carbonyl (C=O) groups is 1. The van der Waals surface area contributed by atoms with Crippen LogP contribution in [0.1, 0.15) is 48.8 Å². The first-order chi connectivity index (χ1) is 12.3. The number of rotatable bonds is 6. The summed E-state index contributed by atoms with van der Waals surface area (Å²) in [6.45, 7) is 2.17. The van der Waals surface area contributed by atoms with Crippen molar-refractivity contribution in [2.24, 2.45) is 0 Å².